The van der Waals surface area contributed by atoms with Crippen molar-refractivity contribution >= 4 is 0 Å². The van der Waals surface area contributed by atoms with Gasteiger partial charge in [0.25, 0.3) is 0 Å². The molecule has 0 saturated carbocycles. The fourth-order valence-corrected chi connectivity index (χ4v) is 1.51. The first-order chi connectivity index (χ1) is 7.59. The summed E-state index contributed by atoms with van der Waals surface area (Å²) in [5.41, 5.74) is 7.17. The van der Waals surface area contributed by atoms with Gasteiger partial charge in [0.2, 0.25) is 0 Å². The van der Waals surface area contributed by atoms with Crippen molar-refractivity contribution in [3.63, 3.8) is 0 Å². The van der Waals surface area contributed by atoms with Gasteiger partial charge in [-0.3, -0.25) is 4.98 Å². The van der Waals surface area contributed by atoms with E-state index < -0.39 is 0 Å². The van der Waals surface area contributed by atoms with Gasteiger partial charge in [-0.15, -0.1) is 0 Å². The molecule has 0 aliphatic heterocycles. The van der Waals surface area contributed by atoms with Gasteiger partial charge in [0.15, 0.2) is 0 Å². The fraction of sp³-hybridized carbons (Fsp3) is 0.615. The van der Waals surface area contributed by atoms with Crippen LogP contribution in [0.25, 0.3) is 0 Å². The minimum Gasteiger partial charge on any atom is -0.326 e. The molecule has 0 spiro atoms. The monoisotopic (exact) mass is 221 g/mol. The van der Waals surface area contributed by atoms with Crippen LogP contribution in [0, 0.1) is 5.92 Å². The van der Waals surface area contributed by atoms with E-state index in [4.69, 9.17) is 5.73 Å². The predicted octanol–water partition coefficient (Wildman–Crippen LogP) is 1.54. The SMILES string of the molecule is CC(C)C(N)CN(C)CCc1ccccn1. The van der Waals surface area contributed by atoms with Gasteiger partial charge in [-0.1, -0.05) is 19.9 Å². The number of nitrogens with zero attached hydrogens (tertiary/aromatic N) is 2. The maximum atomic E-state index is 6.03. The van der Waals surface area contributed by atoms with Gasteiger partial charge < -0.3 is 10.6 Å². The molecule has 1 rings (SSSR count). The summed E-state index contributed by atoms with van der Waals surface area (Å²) in [6.45, 7) is 6.29. The molecule has 1 unspecified atom stereocenters. The van der Waals surface area contributed by atoms with Crippen LogP contribution in [0.2, 0.25) is 0 Å². The number of hydrogen-bond acceptors (Lipinski definition) is 3. The molecule has 0 saturated heterocycles. The molecule has 0 aliphatic rings. The molecule has 3 heteroatoms. The van der Waals surface area contributed by atoms with Gasteiger partial charge in [-0.05, 0) is 25.1 Å². The maximum absolute atomic E-state index is 6.03. The van der Waals surface area contributed by atoms with Crippen LogP contribution in [-0.4, -0.2) is 36.1 Å². The van der Waals surface area contributed by atoms with Crippen LogP contribution in [0.1, 0.15) is 19.5 Å². The van der Waals surface area contributed by atoms with E-state index >= 15 is 0 Å². The Morgan fingerprint density at radius 1 is 1.38 bits per heavy atom. The first-order valence-corrected chi connectivity index (χ1v) is 5.93. The lowest BCUT2D eigenvalue weighted by Crippen LogP contribution is -2.39. The number of pyridine rings is 1. The molecule has 1 aromatic rings. The van der Waals surface area contributed by atoms with Crippen LogP contribution < -0.4 is 5.73 Å². The summed E-state index contributed by atoms with van der Waals surface area (Å²) in [5, 5.41) is 0. The van der Waals surface area contributed by atoms with Crippen molar-refractivity contribution in [1.82, 2.24) is 9.88 Å². The molecule has 1 heterocycles. The quantitative estimate of drug-likeness (QED) is 0.792. The molecule has 2 N–H and O–H groups in total. The summed E-state index contributed by atoms with van der Waals surface area (Å²) < 4.78 is 0. The van der Waals surface area contributed by atoms with E-state index in [1.807, 2.05) is 18.3 Å². The Labute approximate surface area is 98.7 Å². The van der Waals surface area contributed by atoms with Crippen LogP contribution in [0.4, 0.5) is 0 Å². The van der Waals surface area contributed by atoms with Crippen molar-refractivity contribution in [2.24, 2.45) is 11.7 Å². The van der Waals surface area contributed by atoms with Crippen molar-refractivity contribution in [2.75, 3.05) is 20.1 Å². The predicted molar refractivity (Wildman–Crippen MR) is 68.3 cm³/mol. The van der Waals surface area contributed by atoms with Crippen molar-refractivity contribution < 1.29 is 0 Å². The molecule has 3 nitrogen and oxygen atoms in total. The summed E-state index contributed by atoms with van der Waals surface area (Å²) in [6.07, 6.45) is 2.83. The van der Waals surface area contributed by atoms with Crippen LogP contribution in [0.15, 0.2) is 24.4 Å². The van der Waals surface area contributed by atoms with E-state index in [9.17, 15) is 0 Å². The average Bonchev–Trinajstić information content (AvgIpc) is 2.27. The third kappa shape index (κ3) is 4.73. The summed E-state index contributed by atoms with van der Waals surface area (Å²) in [5.74, 6) is 0.539. The maximum Gasteiger partial charge on any atom is 0.0416 e. The molecular formula is C13H23N3. The minimum atomic E-state index is 0.258. The van der Waals surface area contributed by atoms with Crippen molar-refractivity contribution in [2.45, 2.75) is 26.3 Å². The summed E-state index contributed by atoms with van der Waals surface area (Å²) in [7, 11) is 2.12. The van der Waals surface area contributed by atoms with Crippen LogP contribution in [-0.2, 0) is 6.42 Å². The average molecular weight is 221 g/mol. The lowest BCUT2D eigenvalue weighted by atomic mass is 10.1. The van der Waals surface area contributed by atoms with Gasteiger partial charge >= 0.3 is 0 Å². The molecule has 0 amide bonds. The van der Waals surface area contributed by atoms with Gasteiger partial charge in [0.05, 0.1) is 0 Å². The standard InChI is InChI=1S/C13H23N3/c1-11(2)13(14)10-16(3)9-7-12-6-4-5-8-15-12/h4-6,8,11,13H,7,9-10,14H2,1-3H3. The molecular weight excluding hydrogens is 198 g/mol. The Hall–Kier alpha value is -0.930. The van der Waals surface area contributed by atoms with E-state index in [1.54, 1.807) is 0 Å². The van der Waals surface area contributed by atoms with E-state index in [2.05, 4.69) is 36.8 Å². The summed E-state index contributed by atoms with van der Waals surface area (Å²) >= 11 is 0. The molecule has 0 radical (unpaired) electrons. The molecule has 0 aliphatic carbocycles. The second-order valence-electron chi connectivity index (χ2n) is 4.74. The highest BCUT2D eigenvalue weighted by Crippen LogP contribution is 2.01. The highest BCUT2D eigenvalue weighted by molar-refractivity contribution is 5.03. The van der Waals surface area contributed by atoms with Gasteiger partial charge in [0, 0.05) is 37.4 Å². The van der Waals surface area contributed by atoms with Gasteiger partial charge in [0.1, 0.15) is 0 Å². The first-order valence-electron chi connectivity index (χ1n) is 5.93. The molecule has 1 aromatic heterocycles. The largest absolute Gasteiger partial charge is 0.326 e. The van der Waals surface area contributed by atoms with Crippen LogP contribution >= 0.6 is 0 Å². The third-order valence-electron chi connectivity index (χ3n) is 2.85. The van der Waals surface area contributed by atoms with Crippen molar-refractivity contribution in [3.05, 3.63) is 30.1 Å². The van der Waals surface area contributed by atoms with Crippen molar-refractivity contribution in [3.8, 4) is 0 Å². The van der Waals surface area contributed by atoms with Crippen molar-refractivity contribution in [1.29, 1.82) is 0 Å². The van der Waals surface area contributed by atoms with E-state index in [1.165, 1.54) is 0 Å². The van der Waals surface area contributed by atoms with E-state index in [0.29, 0.717) is 5.92 Å². The fourth-order valence-electron chi connectivity index (χ4n) is 1.51. The number of hydrogen-bond donors (Lipinski definition) is 1. The lowest BCUT2D eigenvalue weighted by molar-refractivity contribution is 0.285. The Morgan fingerprint density at radius 3 is 2.69 bits per heavy atom. The number of aromatic nitrogens is 1. The van der Waals surface area contributed by atoms with Crippen LogP contribution in [0.5, 0.6) is 0 Å². The highest BCUT2D eigenvalue weighted by atomic mass is 15.1. The molecule has 16 heavy (non-hydrogen) atoms. The lowest BCUT2D eigenvalue weighted by Gasteiger charge is -2.23. The topological polar surface area (TPSA) is 42.1 Å². The van der Waals surface area contributed by atoms with Crippen LogP contribution in [0.3, 0.4) is 0 Å². The zero-order valence-electron chi connectivity index (χ0n) is 10.6. The zero-order valence-corrected chi connectivity index (χ0v) is 10.6. The molecule has 1 atom stereocenters. The highest BCUT2D eigenvalue weighted by Gasteiger charge is 2.10. The number of likely N-dealkylation sites (N-methyl/N-ethyl adjacent to an activating group) is 1. The molecule has 0 aromatic carbocycles. The Kier molecular flexibility index (Phi) is 5.43. The molecule has 90 valence electrons. The molecule has 0 bridgehead atoms. The summed E-state index contributed by atoms with van der Waals surface area (Å²) in [6, 6.07) is 6.30. The minimum absolute atomic E-state index is 0.258. The zero-order chi connectivity index (χ0) is 12.0. The Balaban J connectivity index is 2.28. The number of nitrogens with two attached hydrogens (primary N) is 1. The smallest absolute Gasteiger partial charge is 0.0416 e. The Morgan fingerprint density at radius 2 is 2.12 bits per heavy atom. The second kappa shape index (κ2) is 6.61. The molecule has 0 fully saturated rings. The normalized spacial score (nSPS) is 13.4. The Bertz CT molecular complexity index is 284. The third-order valence-corrected chi connectivity index (χ3v) is 2.85. The van der Waals surface area contributed by atoms with E-state index in [0.717, 1.165) is 25.2 Å². The van der Waals surface area contributed by atoms with Gasteiger partial charge in [-0.2, -0.15) is 0 Å². The second-order valence-corrected chi connectivity index (χ2v) is 4.74. The number of rotatable bonds is 6. The van der Waals surface area contributed by atoms with E-state index in [-0.39, 0.29) is 6.04 Å². The van der Waals surface area contributed by atoms with Gasteiger partial charge in [-0.25, -0.2) is 0 Å². The first kappa shape index (κ1) is 13.1. The summed E-state index contributed by atoms with van der Waals surface area (Å²) in [4.78, 5) is 6.58.